The lowest BCUT2D eigenvalue weighted by Crippen LogP contribution is -2.28. The van der Waals surface area contributed by atoms with Crippen molar-refractivity contribution in [3.8, 4) is 0 Å². The van der Waals surface area contributed by atoms with E-state index >= 15 is 0 Å². The first-order valence-corrected chi connectivity index (χ1v) is 9.16. The number of hydrogen-bond donors (Lipinski definition) is 2. The van der Waals surface area contributed by atoms with Crippen LogP contribution in [-0.4, -0.2) is 38.2 Å². The van der Waals surface area contributed by atoms with Crippen molar-refractivity contribution in [3.05, 3.63) is 0 Å². The van der Waals surface area contributed by atoms with Crippen LogP contribution in [0.1, 0.15) is 12.8 Å². The summed E-state index contributed by atoms with van der Waals surface area (Å²) in [6.45, 7) is 0. The molecule has 6 heteroatoms. The van der Waals surface area contributed by atoms with Gasteiger partial charge >= 0.3 is 0 Å². The van der Waals surface area contributed by atoms with Crippen molar-refractivity contribution in [1.82, 2.24) is 0 Å². The van der Waals surface area contributed by atoms with Gasteiger partial charge in [0.15, 0.2) is 9.84 Å². The molecule has 13 heavy (non-hydrogen) atoms. The summed E-state index contributed by atoms with van der Waals surface area (Å²) in [4.78, 5) is 0. The van der Waals surface area contributed by atoms with E-state index in [1.807, 2.05) is 6.26 Å². The highest BCUT2D eigenvalue weighted by Gasteiger charge is 2.23. The van der Waals surface area contributed by atoms with Gasteiger partial charge in [-0.3, -0.25) is 0 Å². The van der Waals surface area contributed by atoms with Crippen LogP contribution in [0, 0.1) is 0 Å². The number of sulfone groups is 1. The van der Waals surface area contributed by atoms with Gasteiger partial charge in [0.25, 0.3) is 0 Å². The second-order valence-electron chi connectivity index (χ2n) is 3.30. The van der Waals surface area contributed by atoms with Crippen LogP contribution in [0.25, 0.3) is 0 Å². The van der Waals surface area contributed by atoms with Crippen molar-refractivity contribution < 1.29 is 13.2 Å². The highest BCUT2D eigenvalue weighted by Crippen LogP contribution is 2.26. The molecule has 0 aromatic heterocycles. The average molecular weight is 244 g/mol. The number of hydrogen-bond acceptors (Lipinski definition) is 4. The molecule has 1 rings (SSSR count). The quantitative estimate of drug-likeness (QED) is 0.575. The Morgan fingerprint density at radius 3 is 2.46 bits per heavy atom. The molecule has 0 amide bonds. The summed E-state index contributed by atoms with van der Waals surface area (Å²) in [6.07, 6.45) is 3.47. The molecule has 1 unspecified atom stereocenters. The van der Waals surface area contributed by atoms with E-state index in [0.717, 1.165) is 0 Å². The molecule has 1 aliphatic heterocycles. The summed E-state index contributed by atoms with van der Waals surface area (Å²) in [5.41, 5.74) is 0. The highest BCUT2D eigenvalue weighted by molar-refractivity contribution is 8.77. The molecule has 1 aliphatic rings. The summed E-state index contributed by atoms with van der Waals surface area (Å²) >= 11 is 4.25. The molecular weight excluding hydrogens is 228 g/mol. The maximum Gasteiger partial charge on any atom is 0.150 e. The normalized spacial score (nSPS) is 27.1. The second-order valence-corrected chi connectivity index (χ2v) is 9.23. The summed E-state index contributed by atoms with van der Waals surface area (Å²) in [5, 5.41) is 0. The zero-order valence-electron chi connectivity index (χ0n) is 7.64. The van der Waals surface area contributed by atoms with Gasteiger partial charge in [0.2, 0.25) is 0 Å². The summed E-state index contributed by atoms with van der Waals surface area (Å²) < 4.78 is 27.7. The van der Waals surface area contributed by atoms with Crippen LogP contribution in [-0.2, 0) is 14.6 Å². The first-order valence-electron chi connectivity index (χ1n) is 4.21. The van der Waals surface area contributed by atoms with Gasteiger partial charge in [0, 0.05) is 0 Å². The zero-order chi connectivity index (χ0) is 9.90. The van der Waals surface area contributed by atoms with Crippen LogP contribution in [0.2, 0.25) is 0 Å². The molecule has 0 aliphatic carbocycles. The van der Waals surface area contributed by atoms with E-state index < -0.39 is 9.84 Å². The van der Waals surface area contributed by atoms with Crippen LogP contribution in [0.5, 0.6) is 0 Å². The Morgan fingerprint density at radius 1 is 1.46 bits per heavy atom. The van der Waals surface area contributed by atoms with Gasteiger partial charge in [-0.05, 0) is 19.1 Å². The van der Waals surface area contributed by atoms with Crippen molar-refractivity contribution in [2.75, 3.05) is 23.7 Å². The zero-order valence-corrected chi connectivity index (χ0v) is 10.2. The molecular formula is C7H16O3S3. The predicted molar refractivity (Wildman–Crippen MR) is 61.5 cm³/mol. The molecule has 0 spiro atoms. The van der Waals surface area contributed by atoms with Crippen LogP contribution >= 0.6 is 21.6 Å². The van der Waals surface area contributed by atoms with E-state index in [2.05, 4.69) is 11.7 Å². The summed E-state index contributed by atoms with van der Waals surface area (Å²) in [7, 11) is -3.07. The fourth-order valence-electron chi connectivity index (χ4n) is 1.25. The van der Waals surface area contributed by atoms with Crippen LogP contribution in [0.4, 0.5) is 0 Å². The smallest absolute Gasteiger partial charge is 0.150 e. The fraction of sp³-hybridized carbons (Fsp3) is 1.00. The topological polar surface area (TPSA) is 43.4 Å². The van der Waals surface area contributed by atoms with Gasteiger partial charge in [-0.25, -0.2) is 8.42 Å². The van der Waals surface area contributed by atoms with Gasteiger partial charge in [-0.1, -0.05) is 0 Å². The third kappa shape index (κ3) is 4.58. The lowest BCUT2D eigenvalue weighted by atomic mass is 10.2. The lowest BCUT2D eigenvalue weighted by molar-refractivity contribution is 0.0825. The van der Waals surface area contributed by atoms with Crippen LogP contribution < -0.4 is 0 Å². The summed E-state index contributed by atoms with van der Waals surface area (Å²) in [5.74, 6) is 1.24. The van der Waals surface area contributed by atoms with E-state index in [0.29, 0.717) is 18.8 Å². The number of rotatable bonds is 3. The first kappa shape index (κ1) is 11.7. The Balaban J connectivity index is 2.26. The van der Waals surface area contributed by atoms with Crippen LogP contribution in [0.3, 0.4) is 0 Å². The highest BCUT2D eigenvalue weighted by atomic mass is 33.1. The van der Waals surface area contributed by atoms with Gasteiger partial charge in [-0.2, -0.15) is 9.93 Å². The molecule has 0 aromatic carbocycles. The minimum absolute atomic E-state index is 0.139. The Hall–Kier alpha value is 0.610. The molecule has 1 atom stereocenters. The summed E-state index contributed by atoms with van der Waals surface area (Å²) in [6, 6.07) is 0. The minimum atomic E-state index is -2.75. The molecule has 3 nitrogen and oxygen atoms in total. The lowest BCUT2D eigenvalue weighted by Gasteiger charge is -2.23. The van der Waals surface area contributed by atoms with Crippen molar-refractivity contribution in [1.29, 1.82) is 0 Å². The van der Waals surface area contributed by atoms with E-state index in [1.54, 1.807) is 0 Å². The van der Waals surface area contributed by atoms with Crippen molar-refractivity contribution >= 4 is 31.4 Å². The maximum absolute atomic E-state index is 11.1. The SMILES string of the molecule is C[SH](S)COC1CCS(=O)(=O)CC1. The molecule has 0 N–H and O–H groups in total. The second kappa shape index (κ2) is 4.91. The average Bonchev–Trinajstić information content (AvgIpc) is 2.02. The van der Waals surface area contributed by atoms with Gasteiger partial charge < -0.3 is 4.74 Å². The third-order valence-electron chi connectivity index (χ3n) is 2.00. The van der Waals surface area contributed by atoms with Crippen molar-refractivity contribution in [2.24, 2.45) is 0 Å². The molecule has 80 valence electrons. The van der Waals surface area contributed by atoms with Gasteiger partial charge in [0.05, 0.1) is 23.5 Å². The Kier molecular flexibility index (Phi) is 4.41. The largest absolute Gasteiger partial charge is 0.369 e. The molecule has 0 bridgehead atoms. The number of thiol groups is 2. The minimum Gasteiger partial charge on any atom is -0.369 e. The fourth-order valence-corrected chi connectivity index (χ4v) is 3.32. The molecule has 1 heterocycles. The monoisotopic (exact) mass is 244 g/mol. The van der Waals surface area contributed by atoms with Gasteiger partial charge in [0.1, 0.15) is 0 Å². The van der Waals surface area contributed by atoms with Crippen LogP contribution in [0.15, 0.2) is 0 Å². The van der Waals surface area contributed by atoms with Crippen molar-refractivity contribution in [3.63, 3.8) is 0 Å². The molecule has 1 saturated heterocycles. The molecule has 0 radical (unpaired) electrons. The molecule has 1 fully saturated rings. The third-order valence-corrected chi connectivity index (χ3v) is 4.58. The number of ether oxygens (including phenoxy) is 1. The maximum atomic E-state index is 11.1. The Morgan fingerprint density at radius 2 is 2.00 bits per heavy atom. The van der Waals surface area contributed by atoms with E-state index in [4.69, 9.17) is 4.74 Å². The Labute approximate surface area is 87.3 Å². The predicted octanol–water partition coefficient (Wildman–Crippen LogP) is 1.01. The van der Waals surface area contributed by atoms with E-state index in [-0.39, 0.29) is 27.5 Å². The first-order chi connectivity index (χ1) is 5.99. The Bertz CT molecular complexity index is 234. The van der Waals surface area contributed by atoms with Gasteiger partial charge in [-0.15, -0.1) is 11.7 Å². The van der Waals surface area contributed by atoms with Crippen molar-refractivity contribution in [2.45, 2.75) is 18.9 Å². The molecule has 0 saturated carbocycles. The van der Waals surface area contributed by atoms with E-state index in [1.165, 1.54) is 0 Å². The van der Waals surface area contributed by atoms with E-state index in [9.17, 15) is 8.42 Å². The molecule has 0 aromatic rings. The standard InChI is InChI=1S/C7H16O3S3/c1-12(11)6-10-7-2-4-13(8,9)5-3-7/h7,11-12H,2-6H2,1H3.